The third-order valence-electron chi connectivity index (χ3n) is 6.48. The van der Waals surface area contributed by atoms with Gasteiger partial charge in [0.2, 0.25) is 0 Å². The van der Waals surface area contributed by atoms with Crippen molar-refractivity contribution in [3.63, 3.8) is 0 Å². The topological polar surface area (TPSA) is 78.8 Å². The minimum Gasteiger partial charge on any atom is -0.489 e. The first-order valence-electron chi connectivity index (χ1n) is 11.2. The van der Waals surface area contributed by atoms with E-state index in [9.17, 15) is 15.0 Å². The SMILES string of the molecule is O=C(O)C1(Cc2ccc(OCc3ccccc3)cc2)Nc2ccccc2C1(O)c1ccccc1. The van der Waals surface area contributed by atoms with Gasteiger partial charge in [0.1, 0.15) is 12.4 Å². The van der Waals surface area contributed by atoms with Crippen LogP contribution in [0, 0.1) is 0 Å². The van der Waals surface area contributed by atoms with Crippen LogP contribution in [0.2, 0.25) is 0 Å². The van der Waals surface area contributed by atoms with E-state index in [1.165, 1.54) is 0 Å². The lowest BCUT2D eigenvalue weighted by Gasteiger charge is -2.40. The van der Waals surface area contributed by atoms with Gasteiger partial charge in [-0.3, -0.25) is 0 Å². The van der Waals surface area contributed by atoms with E-state index in [-0.39, 0.29) is 6.42 Å². The first-order chi connectivity index (χ1) is 16.5. The molecule has 0 spiro atoms. The number of aliphatic hydroxyl groups is 1. The number of rotatable bonds is 7. The van der Waals surface area contributed by atoms with E-state index >= 15 is 0 Å². The zero-order chi connectivity index (χ0) is 23.6. The van der Waals surface area contributed by atoms with Gasteiger partial charge in [-0.05, 0) is 34.9 Å². The Bertz CT molecular complexity index is 1290. The standard InChI is InChI=1S/C29H25NO4/c31-27(32)28(19-21-15-17-24(18-16-21)34-20-22-9-3-1-4-10-22)29(33,23-11-5-2-6-12-23)25-13-7-8-14-26(25)30-28/h1-18,30,33H,19-20H2,(H,31,32). The molecule has 1 aliphatic rings. The van der Waals surface area contributed by atoms with E-state index in [0.717, 1.165) is 11.1 Å². The fourth-order valence-electron chi connectivity index (χ4n) is 4.75. The van der Waals surface area contributed by atoms with Gasteiger partial charge in [-0.15, -0.1) is 0 Å². The molecule has 2 unspecified atom stereocenters. The van der Waals surface area contributed by atoms with Crippen molar-refractivity contribution >= 4 is 11.7 Å². The Kier molecular flexibility index (Phi) is 5.56. The molecule has 0 fully saturated rings. The van der Waals surface area contributed by atoms with Crippen molar-refractivity contribution in [1.82, 2.24) is 0 Å². The summed E-state index contributed by atoms with van der Waals surface area (Å²) in [5.74, 6) is -0.433. The number of carboxylic acid groups (broad SMARTS) is 1. The highest BCUT2D eigenvalue weighted by Crippen LogP contribution is 2.51. The molecule has 0 radical (unpaired) electrons. The van der Waals surface area contributed by atoms with E-state index in [1.807, 2.05) is 72.8 Å². The number of nitrogens with one attached hydrogen (secondary N) is 1. The summed E-state index contributed by atoms with van der Waals surface area (Å²) < 4.78 is 5.87. The van der Waals surface area contributed by atoms with Crippen molar-refractivity contribution < 1.29 is 19.7 Å². The Labute approximate surface area is 198 Å². The molecule has 5 heteroatoms. The van der Waals surface area contributed by atoms with Gasteiger partial charge in [-0.2, -0.15) is 0 Å². The maximum Gasteiger partial charge on any atom is 0.333 e. The van der Waals surface area contributed by atoms with Crippen LogP contribution >= 0.6 is 0 Å². The predicted octanol–water partition coefficient (Wildman–Crippen LogP) is 4.99. The second-order valence-corrected chi connectivity index (χ2v) is 8.55. The molecular weight excluding hydrogens is 426 g/mol. The van der Waals surface area contributed by atoms with Gasteiger partial charge in [0.15, 0.2) is 11.1 Å². The molecular formula is C29H25NO4. The van der Waals surface area contributed by atoms with Gasteiger partial charge < -0.3 is 20.3 Å². The molecule has 5 rings (SSSR count). The summed E-state index contributed by atoms with van der Waals surface area (Å²) in [5, 5.41) is 25.8. The fourth-order valence-corrected chi connectivity index (χ4v) is 4.75. The molecule has 5 nitrogen and oxygen atoms in total. The molecule has 0 amide bonds. The van der Waals surface area contributed by atoms with Crippen molar-refractivity contribution in [3.8, 4) is 5.75 Å². The van der Waals surface area contributed by atoms with Crippen LogP contribution < -0.4 is 10.1 Å². The molecule has 0 aromatic heterocycles. The molecule has 3 N–H and O–H groups in total. The van der Waals surface area contributed by atoms with E-state index in [1.54, 1.807) is 36.4 Å². The minimum absolute atomic E-state index is 0.0708. The fraction of sp³-hybridized carbons (Fsp3) is 0.138. The molecule has 170 valence electrons. The minimum atomic E-state index is -1.76. The van der Waals surface area contributed by atoms with Crippen LogP contribution in [0.1, 0.15) is 22.3 Å². The number of benzene rings is 4. The van der Waals surface area contributed by atoms with Crippen molar-refractivity contribution in [3.05, 3.63) is 131 Å². The molecule has 4 aromatic carbocycles. The average molecular weight is 452 g/mol. The average Bonchev–Trinajstić information content (AvgIpc) is 3.15. The second kappa shape index (κ2) is 8.69. The van der Waals surface area contributed by atoms with Crippen LogP contribution in [-0.4, -0.2) is 21.7 Å². The lowest BCUT2D eigenvalue weighted by Crippen LogP contribution is -2.60. The number of anilines is 1. The van der Waals surface area contributed by atoms with Gasteiger partial charge in [-0.25, -0.2) is 4.79 Å². The Hall–Kier alpha value is -4.09. The Morgan fingerprint density at radius 3 is 2.06 bits per heavy atom. The van der Waals surface area contributed by atoms with Crippen molar-refractivity contribution in [2.45, 2.75) is 24.2 Å². The number of ether oxygens (including phenoxy) is 1. The quantitative estimate of drug-likeness (QED) is 0.369. The summed E-state index contributed by atoms with van der Waals surface area (Å²) in [7, 11) is 0. The lowest BCUT2D eigenvalue weighted by atomic mass is 9.70. The maximum absolute atomic E-state index is 12.9. The van der Waals surface area contributed by atoms with Crippen LogP contribution in [0.4, 0.5) is 5.69 Å². The summed E-state index contributed by atoms with van der Waals surface area (Å²) in [5.41, 5.74) is 0.0633. The Morgan fingerprint density at radius 2 is 1.38 bits per heavy atom. The van der Waals surface area contributed by atoms with Gasteiger partial charge in [-0.1, -0.05) is 91.0 Å². The number of carboxylic acids is 1. The van der Waals surface area contributed by atoms with Crippen molar-refractivity contribution in [2.75, 3.05) is 5.32 Å². The summed E-state index contributed by atoms with van der Waals surface area (Å²) >= 11 is 0. The second-order valence-electron chi connectivity index (χ2n) is 8.55. The number of fused-ring (bicyclic) bond motifs is 1. The third kappa shape index (κ3) is 3.60. The van der Waals surface area contributed by atoms with Crippen molar-refractivity contribution in [1.29, 1.82) is 0 Å². The van der Waals surface area contributed by atoms with Gasteiger partial charge in [0.05, 0.1) is 0 Å². The first kappa shape index (κ1) is 21.7. The maximum atomic E-state index is 12.9. The van der Waals surface area contributed by atoms with E-state index in [2.05, 4.69) is 5.32 Å². The van der Waals surface area contributed by atoms with Crippen LogP contribution in [-0.2, 0) is 23.4 Å². The molecule has 2 atom stereocenters. The number of hydrogen-bond acceptors (Lipinski definition) is 4. The zero-order valence-electron chi connectivity index (χ0n) is 18.5. The Balaban J connectivity index is 1.47. The first-order valence-corrected chi connectivity index (χ1v) is 11.2. The predicted molar refractivity (Wildman–Crippen MR) is 131 cm³/mol. The van der Waals surface area contributed by atoms with Crippen LogP contribution in [0.3, 0.4) is 0 Å². The molecule has 0 saturated carbocycles. The summed E-state index contributed by atoms with van der Waals surface area (Å²) in [4.78, 5) is 12.9. The van der Waals surface area contributed by atoms with Crippen LogP contribution in [0.25, 0.3) is 0 Å². The highest BCUT2D eigenvalue weighted by atomic mass is 16.5. The van der Waals surface area contributed by atoms with E-state index < -0.39 is 17.1 Å². The molecule has 1 aliphatic heterocycles. The number of aliphatic carboxylic acids is 1. The molecule has 1 heterocycles. The van der Waals surface area contributed by atoms with Crippen LogP contribution in [0.15, 0.2) is 109 Å². The summed E-state index contributed by atoms with van der Waals surface area (Å²) in [6.07, 6.45) is 0.0708. The monoisotopic (exact) mass is 451 g/mol. The van der Waals surface area contributed by atoms with E-state index in [4.69, 9.17) is 4.74 Å². The van der Waals surface area contributed by atoms with Crippen molar-refractivity contribution in [2.24, 2.45) is 0 Å². The highest BCUT2D eigenvalue weighted by Gasteiger charge is 2.63. The third-order valence-corrected chi connectivity index (χ3v) is 6.48. The molecule has 4 aromatic rings. The largest absolute Gasteiger partial charge is 0.489 e. The summed E-state index contributed by atoms with van der Waals surface area (Å²) in [6.45, 7) is 0.448. The smallest absolute Gasteiger partial charge is 0.333 e. The number of hydrogen-bond donors (Lipinski definition) is 3. The van der Waals surface area contributed by atoms with Gasteiger partial charge >= 0.3 is 5.97 Å². The highest BCUT2D eigenvalue weighted by molar-refractivity contribution is 5.91. The molecule has 34 heavy (non-hydrogen) atoms. The normalized spacial score (nSPS) is 20.9. The molecule has 0 saturated heterocycles. The zero-order valence-corrected chi connectivity index (χ0v) is 18.5. The van der Waals surface area contributed by atoms with Gasteiger partial charge in [0.25, 0.3) is 0 Å². The van der Waals surface area contributed by atoms with E-state index in [0.29, 0.717) is 29.2 Å². The van der Waals surface area contributed by atoms with Crippen LogP contribution in [0.5, 0.6) is 5.75 Å². The number of carbonyl (C=O) groups is 1. The number of para-hydroxylation sites is 1. The Morgan fingerprint density at radius 1 is 0.765 bits per heavy atom. The lowest BCUT2D eigenvalue weighted by molar-refractivity contribution is -0.150. The molecule has 0 aliphatic carbocycles. The molecule has 0 bridgehead atoms. The van der Waals surface area contributed by atoms with Gasteiger partial charge in [0, 0.05) is 17.7 Å². The summed E-state index contributed by atoms with van der Waals surface area (Å²) in [6, 6.07) is 33.5.